The SMILES string of the molecule is Cc1cc(C(Cl)CCC2CCCO2)c(C)s1. The largest absolute Gasteiger partial charge is 0.378 e. The van der Waals surface area contributed by atoms with Crippen molar-refractivity contribution in [2.75, 3.05) is 6.61 Å². The lowest BCUT2D eigenvalue weighted by Crippen LogP contribution is -2.06. The monoisotopic (exact) mass is 258 g/mol. The molecule has 90 valence electrons. The minimum absolute atomic E-state index is 0.161. The predicted octanol–water partition coefficient (Wildman–Crippen LogP) is 4.60. The van der Waals surface area contributed by atoms with Crippen LogP contribution < -0.4 is 0 Å². The third kappa shape index (κ3) is 2.99. The van der Waals surface area contributed by atoms with Gasteiger partial charge in [-0.2, -0.15) is 0 Å². The minimum Gasteiger partial charge on any atom is -0.378 e. The lowest BCUT2D eigenvalue weighted by atomic mass is 10.0. The fourth-order valence-corrected chi connectivity index (χ4v) is 3.73. The lowest BCUT2D eigenvalue weighted by molar-refractivity contribution is 0.102. The fraction of sp³-hybridized carbons (Fsp3) is 0.692. The molecular formula is C13H19ClOS. The van der Waals surface area contributed by atoms with Crippen molar-refractivity contribution in [3.8, 4) is 0 Å². The van der Waals surface area contributed by atoms with Gasteiger partial charge in [-0.05, 0) is 51.2 Å². The van der Waals surface area contributed by atoms with Crippen LogP contribution in [-0.2, 0) is 4.74 Å². The zero-order valence-electron chi connectivity index (χ0n) is 9.96. The molecule has 0 aliphatic carbocycles. The molecule has 1 aliphatic heterocycles. The zero-order valence-corrected chi connectivity index (χ0v) is 11.5. The molecule has 1 nitrogen and oxygen atoms in total. The average molecular weight is 259 g/mol. The average Bonchev–Trinajstić information content (AvgIpc) is 2.84. The van der Waals surface area contributed by atoms with Crippen LogP contribution in [0, 0.1) is 13.8 Å². The number of alkyl halides is 1. The van der Waals surface area contributed by atoms with E-state index in [0.29, 0.717) is 6.10 Å². The summed E-state index contributed by atoms with van der Waals surface area (Å²) < 4.78 is 5.62. The Balaban J connectivity index is 1.87. The van der Waals surface area contributed by atoms with E-state index in [-0.39, 0.29) is 5.38 Å². The highest BCUT2D eigenvalue weighted by atomic mass is 35.5. The Morgan fingerprint density at radius 1 is 1.56 bits per heavy atom. The first kappa shape index (κ1) is 12.4. The highest BCUT2D eigenvalue weighted by Crippen LogP contribution is 2.34. The van der Waals surface area contributed by atoms with Crippen molar-refractivity contribution < 1.29 is 4.74 Å². The van der Waals surface area contributed by atoms with E-state index in [0.717, 1.165) is 19.4 Å². The van der Waals surface area contributed by atoms with Crippen LogP contribution in [0.2, 0.25) is 0 Å². The smallest absolute Gasteiger partial charge is 0.0597 e. The van der Waals surface area contributed by atoms with Gasteiger partial charge in [-0.15, -0.1) is 22.9 Å². The molecule has 0 spiro atoms. The van der Waals surface area contributed by atoms with Gasteiger partial charge >= 0.3 is 0 Å². The molecule has 0 saturated carbocycles. The molecule has 0 N–H and O–H groups in total. The van der Waals surface area contributed by atoms with Gasteiger partial charge in [0, 0.05) is 16.4 Å². The second-order valence-electron chi connectivity index (χ2n) is 4.55. The van der Waals surface area contributed by atoms with Crippen molar-refractivity contribution in [2.24, 2.45) is 0 Å². The van der Waals surface area contributed by atoms with E-state index in [1.165, 1.54) is 28.2 Å². The van der Waals surface area contributed by atoms with Crippen LogP contribution in [0.5, 0.6) is 0 Å². The number of ether oxygens (including phenoxy) is 1. The molecule has 1 fully saturated rings. The Labute approximate surface area is 107 Å². The number of halogens is 1. The van der Waals surface area contributed by atoms with Crippen molar-refractivity contribution in [2.45, 2.75) is 51.0 Å². The van der Waals surface area contributed by atoms with Gasteiger partial charge in [0.1, 0.15) is 0 Å². The molecule has 1 aromatic rings. The predicted molar refractivity (Wildman–Crippen MR) is 70.6 cm³/mol. The molecule has 2 unspecified atom stereocenters. The minimum atomic E-state index is 0.161. The fourth-order valence-electron chi connectivity index (χ4n) is 2.32. The van der Waals surface area contributed by atoms with Gasteiger partial charge in [0.25, 0.3) is 0 Å². The van der Waals surface area contributed by atoms with Crippen LogP contribution in [0.3, 0.4) is 0 Å². The van der Waals surface area contributed by atoms with Crippen LogP contribution in [0.15, 0.2) is 6.07 Å². The van der Waals surface area contributed by atoms with E-state index < -0.39 is 0 Å². The summed E-state index contributed by atoms with van der Waals surface area (Å²) in [6.45, 7) is 5.24. The molecule has 16 heavy (non-hydrogen) atoms. The maximum Gasteiger partial charge on any atom is 0.0597 e. The van der Waals surface area contributed by atoms with E-state index in [4.69, 9.17) is 16.3 Å². The van der Waals surface area contributed by atoms with E-state index in [9.17, 15) is 0 Å². The number of aryl methyl sites for hydroxylation is 2. The lowest BCUT2D eigenvalue weighted by Gasteiger charge is -2.13. The van der Waals surface area contributed by atoms with Gasteiger partial charge in [-0.3, -0.25) is 0 Å². The maximum atomic E-state index is 6.45. The summed E-state index contributed by atoms with van der Waals surface area (Å²) in [6.07, 6.45) is 5.02. The number of hydrogen-bond donors (Lipinski definition) is 0. The molecule has 1 saturated heterocycles. The molecule has 0 aromatic carbocycles. The summed E-state index contributed by atoms with van der Waals surface area (Å²) in [5, 5.41) is 0.161. The molecule has 2 rings (SSSR count). The molecule has 3 heteroatoms. The summed E-state index contributed by atoms with van der Waals surface area (Å²) in [5.74, 6) is 0. The van der Waals surface area contributed by atoms with Gasteiger partial charge in [0.2, 0.25) is 0 Å². The molecular weight excluding hydrogens is 240 g/mol. The van der Waals surface area contributed by atoms with E-state index in [1.807, 2.05) is 11.3 Å². The van der Waals surface area contributed by atoms with Gasteiger partial charge < -0.3 is 4.74 Å². The Bertz CT molecular complexity index is 342. The van der Waals surface area contributed by atoms with Crippen molar-refractivity contribution in [1.82, 2.24) is 0 Å². The topological polar surface area (TPSA) is 9.23 Å². The Kier molecular flexibility index (Phi) is 4.28. The van der Waals surface area contributed by atoms with Gasteiger partial charge in [-0.25, -0.2) is 0 Å². The standard InChI is InChI=1S/C13H19ClOS/c1-9-8-12(10(2)16-9)13(14)6-5-11-4-3-7-15-11/h8,11,13H,3-7H2,1-2H3. The third-order valence-electron chi connectivity index (χ3n) is 3.18. The van der Waals surface area contributed by atoms with Crippen LogP contribution in [0.25, 0.3) is 0 Å². The molecule has 0 amide bonds. The van der Waals surface area contributed by atoms with Gasteiger partial charge in [0.05, 0.1) is 11.5 Å². The first-order valence-electron chi connectivity index (χ1n) is 5.99. The molecule has 0 radical (unpaired) electrons. The second kappa shape index (κ2) is 5.52. The Hall–Kier alpha value is -0.0500. The molecule has 1 aromatic heterocycles. The third-order valence-corrected chi connectivity index (χ3v) is 4.62. The van der Waals surface area contributed by atoms with Gasteiger partial charge in [-0.1, -0.05) is 0 Å². The highest BCUT2D eigenvalue weighted by Gasteiger charge is 2.19. The van der Waals surface area contributed by atoms with Crippen LogP contribution in [0.4, 0.5) is 0 Å². The Morgan fingerprint density at radius 3 is 2.94 bits per heavy atom. The molecule has 2 heterocycles. The molecule has 1 aliphatic rings. The van der Waals surface area contributed by atoms with Gasteiger partial charge in [0.15, 0.2) is 0 Å². The first-order chi connectivity index (χ1) is 7.66. The summed E-state index contributed by atoms with van der Waals surface area (Å²) in [4.78, 5) is 2.72. The van der Waals surface area contributed by atoms with E-state index in [2.05, 4.69) is 19.9 Å². The first-order valence-corrected chi connectivity index (χ1v) is 7.24. The molecule has 0 bridgehead atoms. The second-order valence-corrected chi connectivity index (χ2v) is 6.54. The van der Waals surface area contributed by atoms with Crippen molar-refractivity contribution in [3.63, 3.8) is 0 Å². The highest BCUT2D eigenvalue weighted by molar-refractivity contribution is 7.12. The van der Waals surface area contributed by atoms with Crippen molar-refractivity contribution >= 4 is 22.9 Å². The van der Waals surface area contributed by atoms with Crippen molar-refractivity contribution in [1.29, 1.82) is 0 Å². The summed E-state index contributed by atoms with van der Waals surface area (Å²) in [7, 11) is 0. The number of thiophene rings is 1. The van der Waals surface area contributed by atoms with E-state index in [1.54, 1.807) is 0 Å². The summed E-state index contributed by atoms with van der Waals surface area (Å²) >= 11 is 8.29. The van der Waals surface area contributed by atoms with Crippen LogP contribution in [-0.4, -0.2) is 12.7 Å². The van der Waals surface area contributed by atoms with Crippen molar-refractivity contribution in [3.05, 3.63) is 21.4 Å². The van der Waals surface area contributed by atoms with E-state index >= 15 is 0 Å². The Morgan fingerprint density at radius 2 is 2.38 bits per heavy atom. The quantitative estimate of drug-likeness (QED) is 0.717. The summed E-state index contributed by atoms with van der Waals surface area (Å²) in [6, 6.07) is 2.23. The van der Waals surface area contributed by atoms with Crippen LogP contribution in [0.1, 0.15) is 46.4 Å². The normalized spacial score (nSPS) is 22.6. The number of rotatable bonds is 4. The molecule has 2 atom stereocenters. The zero-order chi connectivity index (χ0) is 11.5. The maximum absolute atomic E-state index is 6.45. The summed E-state index contributed by atoms with van der Waals surface area (Å²) in [5.41, 5.74) is 1.32. The number of hydrogen-bond acceptors (Lipinski definition) is 2. The van der Waals surface area contributed by atoms with Crippen LogP contribution >= 0.6 is 22.9 Å².